The van der Waals surface area contributed by atoms with Crippen LogP contribution in [0, 0.1) is 0 Å². The fourth-order valence-corrected chi connectivity index (χ4v) is 4.63. The Morgan fingerprint density at radius 2 is 1.09 bits per heavy atom. The summed E-state index contributed by atoms with van der Waals surface area (Å²) in [5.41, 5.74) is 0.950. The van der Waals surface area contributed by atoms with Gasteiger partial charge in [0.05, 0.1) is 0 Å². The molecule has 32 heavy (non-hydrogen) atoms. The van der Waals surface area contributed by atoms with Crippen molar-refractivity contribution in [3.05, 3.63) is 97.1 Å². The van der Waals surface area contributed by atoms with Gasteiger partial charge in [-0.1, -0.05) is 60.7 Å². The van der Waals surface area contributed by atoms with Gasteiger partial charge in [0.2, 0.25) is 0 Å². The second kappa shape index (κ2) is 7.82. The molecule has 156 valence electrons. The summed E-state index contributed by atoms with van der Waals surface area (Å²) in [5.74, 6) is -0.466. The van der Waals surface area contributed by atoms with E-state index >= 15 is 0 Å². The van der Waals surface area contributed by atoms with Crippen LogP contribution in [-0.4, -0.2) is 24.9 Å². The summed E-state index contributed by atoms with van der Waals surface area (Å²) in [6.45, 7) is 8.05. The van der Waals surface area contributed by atoms with Gasteiger partial charge in [-0.2, -0.15) is 0 Å². The van der Waals surface area contributed by atoms with E-state index in [1.54, 1.807) is 12.2 Å². The largest absolute Gasteiger partial charge is 0.349 e. The van der Waals surface area contributed by atoms with Crippen LogP contribution in [-0.2, 0) is 0 Å². The molecule has 0 aromatic heterocycles. The summed E-state index contributed by atoms with van der Waals surface area (Å²) >= 11 is 0. The normalized spacial score (nSPS) is 11.2. The van der Waals surface area contributed by atoms with E-state index in [0.29, 0.717) is 29.6 Å². The molecule has 0 saturated heterocycles. The van der Waals surface area contributed by atoms with Crippen LogP contribution >= 0.6 is 0 Å². The highest BCUT2D eigenvalue weighted by molar-refractivity contribution is 6.36. The zero-order valence-electron chi connectivity index (χ0n) is 17.6. The minimum Gasteiger partial charge on any atom is -0.349 e. The Balaban J connectivity index is 1.94. The Morgan fingerprint density at radius 3 is 1.56 bits per heavy atom. The topological polar surface area (TPSA) is 58.2 Å². The van der Waals surface area contributed by atoms with E-state index in [-0.39, 0.29) is 11.8 Å². The van der Waals surface area contributed by atoms with E-state index in [0.717, 1.165) is 26.9 Å². The lowest BCUT2D eigenvalue weighted by Gasteiger charge is -2.18. The molecule has 2 amide bonds. The van der Waals surface area contributed by atoms with E-state index in [1.165, 1.54) is 10.8 Å². The Hall–Kier alpha value is -4.18. The van der Waals surface area contributed by atoms with E-state index in [1.807, 2.05) is 36.4 Å². The summed E-state index contributed by atoms with van der Waals surface area (Å²) in [6, 6.07) is 20.1. The van der Waals surface area contributed by atoms with Gasteiger partial charge in [-0.05, 0) is 49.8 Å². The lowest BCUT2D eigenvalue weighted by Crippen LogP contribution is -2.26. The van der Waals surface area contributed by atoms with Crippen LogP contribution in [0.1, 0.15) is 20.7 Å². The number of rotatable bonds is 6. The van der Waals surface area contributed by atoms with Crippen LogP contribution in [0.3, 0.4) is 0 Å². The van der Waals surface area contributed by atoms with Crippen molar-refractivity contribution < 1.29 is 9.59 Å². The molecule has 0 spiro atoms. The number of hydrogen-bond donors (Lipinski definition) is 2. The maximum absolute atomic E-state index is 13.1. The highest BCUT2D eigenvalue weighted by Gasteiger charge is 2.22. The molecule has 5 aromatic carbocycles. The number of hydrogen-bond acceptors (Lipinski definition) is 2. The van der Waals surface area contributed by atoms with Gasteiger partial charge in [0, 0.05) is 29.6 Å². The van der Waals surface area contributed by atoms with Crippen molar-refractivity contribution in [1.29, 1.82) is 0 Å². The number of carbonyl (C=O) groups excluding carboxylic acids is 2. The zero-order chi connectivity index (χ0) is 22.2. The van der Waals surface area contributed by atoms with Crippen LogP contribution < -0.4 is 10.6 Å². The van der Waals surface area contributed by atoms with Crippen LogP contribution in [0.25, 0.3) is 43.1 Å². The van der Waals surface area contributed by atoms with Crippen molar-refractivity contribution in [2.75, 3.05) is 13.1 Å². The van der Waals surface area contributed by atoms with Gasteiger partial charge in [0.15, 0.2) is 0 Å². The van der Waals surface area contributed by atoms with E-state index in [4.69, 9.17) is 0 Å². The molecule has 0 atom stereocenters. The first kappa shape index (κ1) is 19.8. The van der Waals surface area contributed by atoms with Gasteiger partial charge >= 0.3 is 0 Å². The maximum Gasteiger partial charge on any atom is 0.252 e. The van der Waals surface area contributed by atoms with E-state index < -0.39 is 0 Å². The van der Waals surface area contributed by atoms with Gasteiger partial charge in [0.1, 0.15) is 0 Å². The molecular formula is C28H22N2O2. The molecule has 5 rings (SSSR count). The van der Waals surface area contributed by atoms with Crippen LogP contribution in [0.5, 0.6) is 0 Å². The predicted octanol–water partition coefficient (Wildman–Crippen LogP) is 5.57. The SMILES string of the molecule is C=CCNC(=O)c1ccc2c3cccc4cccc(c5ccc(C(=O)NCC=C)c1c25)c43. The minimum absolute atomic E-state index is 0.233. The fraction of sp³-hybridized carbons (Fsp3) is 0.0714. The summed E-state index contributed by atoms with van der Waals surface area (Å²) in [4.78, 5) is 26.1. The summed E-state index contributed by atoms with van der Waals surface area (Å²) in [5, 5.41) is 13.9. The predicted molar refractivity (Wildman–Crippen MR) is 133 cm³/mol. The fourth-order valence-electron chi connectivity index (χ4n) is 4.63. The molecule has 0 aliphatic rings. The van der Waals surface area contributed by atoms with Gasteiger partial charge in [-0.3, -0.25) is 9.59 Å². The molecule has 0 heterocycles. The molecule has 0 aliphatic carbocycles. The molecule has 0 unspecified atom stereocenters. The number of carbonyl (C=O) groups is 2. The maximum atomic E-state index is 13.1. The van der Waals surface area contributed by atoms with Crippen LogP contribution in [0.2, 0.25) is 0 Å². The summed E-state index contributed by atoms with van der Waals surface area (Å²) in [6.07, 6.45) is 3.27. The second-order valence-corrected chi connectivity index (χ2v) is 7.78. The summed E-state index contributed by atoms with van der Waals surface area (Å²) < 4.78 is 0. The highest BCUT2D eigenvalue weighted by Crippen LogP contribution is 2.42. The molecule has 4 nitrogen and oxygen atoms in total. The molecule has 0 aliphatic heterocycles. The smallest absolute Gasteiger partial charge is 0.252 e. The van der Waals surface area contributed by atoms with Crippen molar-refractivity contribution in [3.8, 4) is 0 Å². The number of nitrogens with one attached hydrogen (secondary N) is 2. The van der Waals surface area contributed by atoms with Gasteiger partial charge in [-0.15, -0.1) is 13.2 Å². The molecule has 0 fully saturated rings. The first-order valence-corrected chi connectivity index (χ1v) is 10.6. The monoisotopic (exact) mass is 418 g/mol. The second-order valence-electron chi connectivity index (χ2n) is 7.78. The third-order valence-electron chi connectivity index (χ3n) is 5.95. The average Bonchev–Trinajstić information content (AvgIpc) is 2.83. The highest BCUT2D eigenvalue weighted by atomic mass is 16.2. The van der Waals surface area contributed by atoms with E-state index in [9.17, 15) is 9.59 Å². The molecule has 4 heteroatoms. The Kier molecular flexibility index (Phi) is 4.83. The average molecular weight is 418 g/mol. The minimum atomic E-state index is -0.233. The Bertz CT molecular complexity index is 1440. The molecule has 5 aromatic rings. The molecule has 2 N–H and O–H groups in total. The number of amides is 2. The Morgan fingerprint density at radius 1 is 0.625 bits per heavy atom. The van der Waals surface area contributed by atoms with Crippen molar-refractivity contribution >= 4 is 54.9 Å². The first-order valence-electron chi connectivity index (χ1n) is 10.6. The number of benzene rings is 5. The zero-order valence-corrected chi connectivity index (χ0v) is 17.6. The molecule has 0 radical (unpaired) electrons. The molecule has 0 bridgehead atoms. The van der Waals surface area contributed by atoms with Gasteiger partial charge < -0.3 is 10.6 Å². The Labute approximate surface area is 185 Å². The quantitative estimate of drug-likeness (QED) is 0.215. The van der Waals surface area contributed by atoms with Crippen molar-refractivity contribution in [2.24, 2.45) is 0 Å². The lowest BCUT2D eigenvalue weighted by atomic mass is 9.86. The number of fused-ring (bicyclic) bond motifs is 2. The standard InChI is InChI=1S/C28H22N2O2/c1-3-15-29-27(31)22-13-11-20-18-9-5-7-17-8-6-10-19(24(17)18)21-12-14-23(26(22)25(20)21)28(32)30-16-4-2/h3-14H,1-2,15-16H2,(H,29,31)(H,30,32). The van der Waals surface area contributed by atoms with Crippen molar-refractivity contribution in [1.82, 2.24) is 10.6 Å². The van der Waals surface area contributed by atoms with Crippen LogP contribution in [0.15, 0.2) is 86.0 Å². The van der Waals surface area contributed by atoms with Gasteiger partial charge in [-0.25, -0.2) is 0 Å². The molecule has 0 saturated carbocycles. The third kappa shape index (κ3) is 2.92. The third-order valence-corrected chi connectivity index (χ3v) is 5.95. The van der Waals surface area contributed by atoms with Crippen LogP contribution in [0.4, 0.5) is 0 Å². The van der Waals surface area contributed by atoms with Crippen molar-refractivity contribution in [2.45, 2.75) is 0 Å². The van der Waals surface area contributed by atoms with E-state index in [2.05, 4.69) is 48.1 Å². The summed E-state index contributed by atoms with van der Waals surface area (Å²) in [7, 11) is 0. The first-order chi connectivity index (χ1) is 15.7. The van der Waals surface area contributed by atoms with Crippen molar-refractivity contribution in [3.63, 3.8) is 0 Å². The van der Waals surface area contributed by atoms with Gasteiger partial charge in [0.25, 0.3) is 11.8 Å². The molecular weight excluding hydrogens is 396 g/mol. The lowest BCUT2D eigenvalue weighted by molar-refractivity contribution is 0.0957.